The number of nitrogens with zero attached hydrogens (tertiary/aromatic N) is 6. The van der Waals surface area contributed by atoms with Gasteiger partial charge in [-0.3, -0.25) is 37.9 Å². The number of carbonyl (C=O) groups excluding carboxylic acids is 8. The smallest absolute Gasteiger partial charge is 0.262 e. The zero-order valence-electron chi connectivity index (χ0n) is 78.1. The fourth-order valence-corrected chi connectivity index (χ4v) is 23.6. The van der Waals surface area contributed by atoms with Crippen LogP contribution in [0.25, 0.3) is 33.0 Å². The monoisotopic (exact) mass is 1890 g/mol. The van der Waals surface area contributed by atoms with Gasteiger partial charge in [-0.1, -0.05) is 35.3 Å². The first kappa shape index (κ1) is 90.6. The van der Waals surface area contributed by atoms with Gasteiger partial charge in [-0.05, 0) is 283 Å². The van der Waals surface area contributed by atoms with E-state index in [1.807, 2.05) is 38.1 Å². The van der Waals surface area contributed by atoms with E-state index >= 15 is 0 Å². The van der Waals surface area contributed by atoms with Crippen molar-refractivity contribution in [2.24, 2.45) is 0 Å². The van der Waals surface area contributed by atoms with E-state index in [1.165, 1.54) is 78.7 Å². The molecule has 2 aromatic heterocycles. The molecule has 4 N–H and O–H groups in total. The summed E-state index contributed by atoms with van der Waals surface area (Å²) in [4.78, 5) is 113. The van der Waals surface area contributed by atoms with Crippen LogP contribution >= 0.6 is 23.2 Å². The third kappa shape index (κ3) is 16.7. The minimum atomic E-state index is -1.35. The fourth-order valence-electron chi connectivity index (χ4n) is 23.4. The van der Waals surface area contributed by atoms with Crippen LogP contribution in [0.3, 0.4) is 0 Å². The number of fused-ring (bicyclic) bond motifs is 10. The standard InChI is InChI=1S/2C56H54ClN5O7/c1-32-42(43-30-38(68-2)18-20-47(43)62(32)55(65)33-13-16-37(57)17-14-33)31-48(63)58-21-3-4-22-59-54(64)36-15-19-39(56(66)67)44(29-36)49-45-27-34-9-5-23-60-25-7-11-40(50(34)60)52(45)69-53-41-12-8-26-61-24-6-10-35(51(41)61)28-46(49)53;1-32-42(43-30-38(68-2)18-20-47(43)62(32)55(65)33-13-16-37(57)17-14-33)31-48(63)58-21-3-4-22-59-54(64)36-15-19-39(44(29-36)56(66)67)49-45-27-34-9-5-23-60-25-7-11-40(50(34)60)52(45)69-53-41-12-8-26-61-24-6-10-35(51(41)61)28-46(49)53/h2*13-20,27-30H,3-12,21-26,31H2,1-2H3,(H2-,58,59,63,64,66,67). The Morgan fingerprint density at radius 3 is 1.22 bits per heavy atom. The number of benzene rings is 10. The predicted molar refractivity (Wildman–Crippen MR) is 527 cm³/mol. The van der Waals surface area contributed by atoms with Gasteiger partial charge < -0.3 is 69.8 Å². The highest BCUT2D eigenvalue weighted by Crippen LogP contribution is 2.52. The Kier molecular flexibility index (Phi) is 24.9. The highest BCUT2D eigenvalue weighted by atomic mass is 35.5. The van der Waals surface area contributed by atoms with Crippen LogP contribution in [-0.4, -0.2) is 149 Å². The number of anilines is 2. The van der Waals surface area contributed by atoms with E-state index < -0.39 is 17.8 Å². The Morgan fingerprint density at radius 1 is 0.391 bits per heavy atom. The van der Waals surface area contributed by atoms with Crippen molar-refractivity contribution in [2.45, 2.75) is 155 Å². The first-order chi connectivity index (χ1) is 67.1. The highest BCUT2D eigenvalue weighted by Gasteiger charge is 2.41. The van der Waals surface area contributed by atoms with Crippen molar-refractivity contribution in [1.29, 1.82) is 0 Å². The molecule has 0 atom stereocenters. The number of ether oxygens (including phenoxy) is 4. The Hall–Kier alpha value is -13.8. The zero-order chi connectivity index (χ0) is 95.0. The minimum Gasteiger partial charge on any atom is -0.545 e. The van der Waals surface area contributed by atoms with E-state index in [2.05, 4.69) is 64.5 Å². The third-order valence-electron chi connectivity index (χ3n) is 29.7. The van der Waals surface area contributed by atoms with Gasteiger partial charge in [0.1, 0.15) is 60.7 Å². The maximum Gasteiger partial charge on any atom is 0.262 e. The normalized spacial score (nSPS) is 15.4. The Labute approximate surface area is 808 Å². The lowest BCUT2D eigenvalue weighted by atomic mass is 9.81. The lowest BCUT2D eigenvalue weighted by molar-refractivity contribution is -0.256. The van der Waals surface area contributed by atoms with Crippen LogP contribution in [0.5, 0.6) is 34.5 Å². The minimum absolute atomic E-state index is 0.0316. The number of hydrogen-bond acceptors (Lipinski definition) is 16. The molecule has 22 rings (SSSR count). The summed E-state index contributed by atoms with van der Waals surface area (Å²) in [6.45, 7) is 13.3. The predicted octanol–water partition coefficient (Wildman–Crippen LogP) is 11.9. The number of methoxy groups -OCH3 is 2. The molecule has 0 unspecified atom stereocenters. The number of carbonyl (C=O) groups is 8. The van der Waals surface area contributed by atoms with Gasteiger partial charge in [0, 0.05) is 210 Å². The van der Waals surface area contributed by atoms with Gasteiger partial charge in [0.05, 0.1) is 61.2 Å². The molecule has 12 aromatic rings. The van der Waals surface area contributed by atoms with Crippen molar-refractivity contribution in [3.8, 4) is 34.5 Å². The number of nitrogens with one attached hydrogen (secondary N) is 4. The molecule has 704 valence electrons. The number of aromatic nitrogens is 2. The number of unbranched alkanes of at least 4 members (excludes halogenated alkanes) is 2. The molecule has 0 aliphatic carbocycles. The number of halogens is 2. The number of hydrogen-bond donors (Lipinski definition) is 4. The van der Waals surface area contributed by atoms with Crippen molar-refractivity contribution >= 4 is 115 Å². The summed E-state index contributed by atoms with van der Waals surface area (Å²) in [7, 11) is 3.15. The van der Waals surface area contributed by atoms with Gasteiger partial charge >= 0.3 is 0 Å². The Bertz CT molecular complexity index is 7470. The average Bonchev–Trinajstić information content (AvgIpc) is 0.900. The first-order valence-corrected chi connectivity index (χ1v) is 49.5. The summed E-state index contributed by atoms with van der Waals surface area (Å²) in [5, 5.41) is 45.3. The van der Waals surface area contributed by atoms with E-state index in [0.29, 0.717) is 124 Å². The largest absolute Gasteiger partial charge is 0.545 e. The SMILES string of the molecule is COc1ccc2c(c1)c(CC(=O)NCCCCNC(=O)c1ccc(C(=O)[O-])c(C3=c4cc5c6c(c4Oc4c3cc3c7c4CCCN7CCC3)CCC[N+]=6CCC5)c1)c(C)n2C(=O)c1ccc(Cl)cc1.COc1ccc2c(c1)c(CC(=O)NCCCCNC(=O)c1ccc(C3=c4cc5c6c(c4Oc4c3cc3c7c4CCCN7CCC3)CCC[N+]=6CCC5)c(C(=O)[O-])c1)c(C)n2C(=O)c1ccc(Cl)cc1. The van der Waals surface area contributed by atoms with Crippen LogP contribution in [0.2, 0.25) is 10.0 Å². The summed E-state index contributed by atoms with van der Waals surface area (Å²) in [5.41, 5.74) is 22.5. The van der Waals surface area contributed by atoms with Crippen LogP contribution in [0.4, 0.5) is 11.4 Å². The number of carboxylic acid groups (broad SMARTS) is 2. The summed E-state index contributed by atoms with van der Waals surface area (Å²) in [5.74, 6) is 0.306. The van der Waals surface area contributed by atoms with Crippen LogP contribution in [0.1, 0.15) is 228 Å². The quantitative estimate of drug-likeness (QED) is 0.0323. The maximum absolute atomic E-state index is 14.0. The molecule has 4 amide bonds. The summed E-state index contributed by atoms with van der Waals surface area (Å²) < 4.78 is 33.6. The zero-order valence-corrected chi connectivity index (χ0v) is 79.6. The molecule has 0 fully saturated rings. The van der Waals surface area contributed by atoms with Gasteiger partial charge in [0.25, 0.3) is 23.6 Å². The van der Waals surface area contributed by atoms with Crippen LogP contribution in [-0.2, 0) is 73.8 Å². The second-order valence-electron chi connectivity index (χ2n) is 38.0. The molecule has 10 aromatic carbocycles. The molecule has 0 spiro atoms. The lowest BCUT2D eigenvalue weighted by Crippen LogP contribution is -2.45. The molecule has 26 heteroatoms. The van der Waals surface area contributed by atoms with Gasteiger partial charge in [0.2, 0.25) is 22.5 Å². The van der Waals surface area contributed by atoms with E-state index in [1.54, 1.807) is 108 Å². The molecule has 0 bridgehead atoms. The summed E-state index contributed by atoms with van der Waals surface area (Å²) in [6.07, 6.45) is 18.1. The van der Waals surface area contributed by atoms with Crippen molar-refractivity contribution in [2.75, 3.05) is 103 Å². The number of aryl methyl sites for hydroxylation is 4. The average molecular weight is 1890 g/mol. The molecule has 0 saturated carbocycles. The molecule has 138 heavy (non-hydrogen) atoms. The Balaban J connectivity index is 0.000000164. The molecule has 10 aliphatic rings. The molecular weight excluding hydrogens is 1780 g/mol. The number of amides is 4. The fraction of sp³-hybridized carbons (Fsp3) is 0.339. The van der Waals surface area contributed by atoms with E-state index in [9.17, 15) is 48.6 Å². The highest BCUT2D eigenvalue weighted by molar-refractivity contribution is 6.31. The van der Waals surface area contributed by atoms with Gasteiger partial charge in [-0.2, -0.15) is 0 Å². The van der Waals surface area contributed by atoms with Crippen LogP contribution in [0, 0.1) is 13.8 Å². The van der Waals surface area contributed by atoms with Crippen molar-refractivity contribution in [3.63, 3.8) is 0 Å². The Morgan fingerprint density at radius 2 is 0.783 bits per heavy atom. The second-order valence-corrected chi connectivity index (χ2v) is 38.8. The summed E-state index contributed by atoms with van der Waals surface area (Å²) >= 11 is 12.2. The van der Waals surface area contributed by atoms with E-state index in [4.69, 9.17) is 42.1 Å². The molecular formula is C112H108Cl2N10O14. The molecule has 10 aliphatic heterocycles. The van der Waals surface area contributed by atoms with Gasteiger partial charge in [-0.15, -0.1) is 0 Å². The number of rotatable bonds is 24. The molecule has 0 radical (unpaired) electrons. The van der Waals surface area contributed by atoms with E-state index in [-0.39, 0.29) is 59.1 Å². The number of carboxylic acids is 2. The third-order valence-corrected chi connectivity index (χ3v) is 30.2. The van der Waals surface area contributed by atoms with Gasteiger partial charge in [0.15, 0.2) is 0 Å². The topological polar surface area (TPSA) is 290 Å². The first-order valence-electron chi connectivity index (χ1n) is 48.8. The second kappa shape index (κ2) is 37.9. The van der Waals surface area contributed by atoms with Crippen LogP contribution in [0.15, 0.2) is 146 Å². The molecule has 24 nitrogen and oxygen atoms in total. The lowest BCUT2D eigenvalue weighted by Gasteiger charge is -2.39. The van der Waals surface area contributed by atoms with Crippen LogP contribution < -0.4 is 90.5 Å². The van der Waals surface area contributed by atoms with E-state index in [0.717, 1.165) is 233 Å². The van der Waals surface area contributed by atoms with Crippen molar-refractivity contribution in [3.05, 3.63) is 299 Å². The maximum atomic E-state index is 14.0. The van der Waals surface area contributed by atoms with Crippen molar-refractivity contribution in [1.82, 2.24) is 39.6 Å². The van der Waals surface area contributed by atoms with Crippen molar-refractivity contribution < 1.29 is 67.5 Å². The van der Waals surface area contributed by atoms with Gasteiger partial charge in [-0.25, -0.2) is 9.15 Å². The summed E-state index contributed by atoms with van der Waals surface area (Å²) in [6, 6.07) is 43.0. The molecule has 0 saturated heterocycles. The number of aromatic carboxylic acids is 2. The molecule has 12 heterocycles.